The van der Waals surface area contributed by atoms with Crippen LogP contribution in [0, 0.1) is 19.8 Å². The van der Waals surface area contributed by atoms with Crippen LogP contribution in [-0.4, -0.2) is 27.1 Å². The van der Waals surface area contributed by atoms with E-state index in [4.69, 9.17) is 0 Å². The van der Waals surface area contributed by atoms with Crippen molar-refractivity contribution < 1.29 is 9.90 Å². The third kappa shape index (κ3) is 3.22. The predicted octanol–water partition coefficient (Wildman–Crippen LogP) is 3.55. The lowest BCUT2D eigenvalue weighted by atomic mass is 9.75. The molecule has 2 aromatic heterocycles. The maximum absolute atomic E-state index is 12.8. The molecule has 0 aliphatic heterocycles. The number of nitrogens with one attached hydrogen (secondary N) is 1. The fraction of sp³-hybridized carbons (Fsp3) is 0.350. The van der Waals surface area contributed by atoms with Crippen molar-refractivity contribution in [3.05, 3.63) is 57.7 Å². The highest BCUT2D eigenvalue weighted by Crippen LogP contribution is 2.38. The SMILES string of the molecule is Cc1nc(C)c(C(=O)NC(c2cnc3ccccc3c2)C2CC(O)C2)s1. The number of thiazole rings is 1. The Balaban J connectivity index is 1.65. The van der Waals surface area contributed by atoms with Gasteiger partial charge in [-0.05, 0) is 50.3 Å². The Kier molecular flexibility index (Phi) is 4.46. The number of aryl methyl sites for hydroxylation is 2. The van der Waals surface area contributed by atoms with Gasteiger partial charge in [0.25, 0.3) is 5.91 Å². The molecule has 0 bridgehead atoms. The monoisotopic (exact) mass is 367 g/mol. The summed E-state index contributed by atoms with van der Waals surface area (Å²) in [6.07, 6.45) is 2.94. The molecule has 0 spiro atoms. The summed E-state index contributed by atoms with van der Waals surface area (Å²) in [7, 11) is 0. The summed E-state index contributed by atoms with van der Waals surface area (Å²) in [5, 5.41) is 14.9. The molecule has 1 amide bonds. The normalized spacial score (nSPS) is 20.6. The average molecular weight is 367 g/mol. The van der Waals surface area contributed by atoms with Gasteiger partial charge in [-0.3, -0.25) is 9.78 Å². The first kappa shape index (κ1) is 17.1. The number of hydrogen-bond donors (Lipinski definition) is 2. The number of hydrogen-bond acceptors (Lipinski definition) is 5. The Morgan fingerprint density at radius 2 is 2.08 bits per heavy atom. The van der Waals surface area contributed by atoms with Crippen LogP contribution in [0.5, 0.6) is 0 Å². The van der Waals surface area contributed by atoms with Gasteiger partial charge in [-0.15, -0.1) is 11.3 Å². The molecule has 2 heterocycles. The number of nitrogens with zero attached hydrogens (tertiary/aromatic N) is 2. The smallest absolute Gasteiger partial charge is 0.263 e. The van der Waals surface area contributed by atoms with Gasteiger partial charge in [0.05, 0.1) is 28.4 Å². The number of pyridine rings is 1. The number of carbonyl (C=O) groups excluding carboxylic acids is 1. The number of fused-ring (bicyclic) bond motifs is 1. The molecule has 0 saturated heterocycles. The molecule has 1 saturated carbocycles. The van der Waals surface area contributed by atoms with Gasteiger partial charge in [-0.2, -0.15) is 0 Å². The van der Waals surface area contributed by atoms with E-state index >= 15 is 0 Å². The molecule has 26 heavy (non-hydrogen) atoms. The first-order chi connectivity index (χ1) is 12.5. The van der Waals surface area contributed by atoms with Crippen LogP contribution in [-0.2, 0) is 0 Å². The number of aliphatic hydroxyl groups is 1. The van der Waals surface area contributed by atoms with Crippen LogP contribution in [0.4, 0.5) is 0 Å². The summed E-state index contributed by atoms with van der Waals surface area (Å²) >= 11 is 1.41. The van der Waals surface area contributed by atoms with Crippen molar-refractivity contribution >= 4 is 28.1 Å². The molecule has 1 atom stereocenters. The van der Waals surface area contributed by atoms with Gasteiger partial charge >= 0.3 is 0 Å². The third-order valence-electron chi connectivity index (χ3n) is 4.99. The Hall–Kier alpha value is -2.31. The zero-order valence-electron chi connectivity index (χ0n) is 14.8. The average Bonchev–Trinajstić information content (AvgIpc) is 2.95. The van der Waals surface area contributed by atoms with E-state index < -0.39 is 0 Å². The molecule has 1 fully saturated rings. The van der Waals surface area contributed by atoms with Crippen LogP contribution >= 0.6 is 11.3 Å². The number of rotatable bonds is 4. The van der Waals surface area contributed by atoms with Gasteiger partial charge in [0, 0.05) is 11.6 Å². The Bertz CT molecular complexity index is 963. The number of para-hydroxylation sites is 1. The van der Waals surface area contributed by atoms with E-state index in [0.29, 0.717) is 17.7 Å². The second-order valence-electron chi connectivity index (χ2n) is 6.95. The van der Waals surface area contributed by atoms with E-state index in [9.17, 15) is 9.90 Å². The number of aromatic nitrogens is 2. The van der Waals surface area contributed by atoms with E-state index in [1.54, 1.807) is 0 Å². The highest BCUT2D eigenvalue weighted by Gasteiger charge is 2.36. The second kappa shape index (κ2) is 6.78. The van der Waals surface area contributed by atoms with E-state index in [2.05, 4.69) is 21.4 Å². The van der Waals surface area contributed by atoms with Crippen molar-refractivity contribution in [3.63, 3.8) is 0 Å². The van der Waals surface area contributed by atoms with E-state index in [1.807, 2.05) is 44.3 Å². The molecule has 1 aliphatic rings. The molecule has 6 heteroatoms. The summed E-state index contributed by atoms with van der Waals surface area (Å²) in [4.78, 5) is 22.4. The third-order valence-corrected chi connectivity index (χ3v) is 6.06. The van der Waals surface area contributed by atoms with Gasteiger partial charge in [-0.25, -0.2) is 4.98 Å². The van der Waals surface area contributed by atoms with Crippen LogP contribution in [0.1, 0.15) is 44.8 Å². The molecule has 3 aromatic rings. The number of benzene rings is 1. The maximum Gasteiger partial charge on any atom is 0.263 e. The lowest BCUT2D eigenvalue weighted by Crippen LogP contribution is -2.41. The zero-order valence-corrected chi connectivity index (χ0v) is 15.6. The van der Waals surface area contributed by atoms with Crippen molar-refractivity contribution in [1.29, 1.82) is 0 Å². The summed E-state index contributed by atoms with van der Waals surface area (Å²) < 4.78 is 0. The molecule has 2 N–H and O–H groups in total. The lowest BCUT2D eigenvalue weighted by Gasteiger charge is -2.38. The first-order valence-electron chi connectivity index (χ1n) is 8.79. The minimum atomic E-state index is -0.278. The lowest BCUT2D eigenvalue weighted by molar-refractivity contribution is 0.0235. The number of aliphatic hydroxyl groups excluding tert-OH is 1. The quantitative estimate of drug-likeness (QED) is 0.739. The Morgan fingerprint density at radius 1 is 1.31 bits per heavy atom. The Morgan fingerprint density at radius 3 is 2.77 bits per heavy atom. The van der Waals surface area contributed by atoms with E-state index in [0.717, 1.165) is 27.2 Å². The topological polar surface area (TPSA) is 75.1 Å². The standard InChI is InChI=1S/C20H21N3O2S/c1-11-19(26-12(2)22-11)20(25)23-18(14-8-16(24)9-14)15-7-13-5-3-4-6-17(13)21-10-15/h3-7,10,14,16,18,24H,8-9H2,1-2H3,(H,23,25). The minimum absolute atomic E-state index is 0.104. The predicted molar refractivity (Wildman–Crippen MR) is 102 cm³/mol. The van der Waals surface area contributed by atoms with Crippen molar-refractivity contribution in [3.8, 4) is 0 Å². The maximum atomic E-state index is 12.8. The molecule has 4 rings (SSSR count). The van der Waals surface area contributed by atoms with Crippen LogP contribution in [0.15, 0.2) is 36.5 Å². The van der Waals surface area contributed by atoms with Gasteiger partial charge in [0.1, 0.15) is 4.88 Å². The molecular formula is C20H21N3O2S. The fourth-order valence-corrected chi connectivity index (χ4v) is 4.41. The molecule has 1 aromatic carbocycles. The highest BCUT2D eigenvalue weighted by molar-refractivity contribution is 7.13. The summed E-state index contributed by atoms with van der Waals surface area (Å²) in [6.45, 7) is 3.76. The summed E-state index contributed by atoms with van der Waals surface area (Å²) in [5.74, 6) is 0.110. The van der Waals surface area contributed by atoms with Crippen molar-refractivity contribution in [2.45, 2.75) is 38.8 Å². The highest BCUT2D eigenvalue weighted by atomic mass is 32.1. The van der Waals surface area contributed by atoms with E-state index in [-0.39, 0.29) is 24.0 Å². The number of carbonyl (C=O) groups is 1. The molecule has 134 valence electrons. The first-order valence-corrected chi connectivity index (χ1v) is 9.60. The van der Waals surface area contributed by atoms with Crippen LogP contribution < -0.4 is 5.32 Å². The molecule has 5 nitrogen and oxygen atoms in total. The van der Waals surface area contributed by atoms with Gasteiger partial charge in [0.2, 0.25) is 0 Å². The van der Waals surface area contributed by atoms with Crippen molar-refractivity contribution in [2.75, 3.05) is 0 Å². The van der Waals surface area contributed by atoms with Gasteiger partial charge in [0.15, 0.2) is 0 Å². The largest absolute Gasteiger partial charge is 0.393 e. The van der Waals surface area contributed by atoms with E-state index in [1.165, 1.54) is 11.3 Å². The van der Waals surface area contributed by atoms with Gasteiger partial charge < -0.3 is 10.4 Å². The molecule has 1 aliphatic carbocycles. The summed E-state index contributed by atoms with van der Waals surface area (Å²) in [6, 6.07) is 9.87. The Labute approximate surface area is 156 Å². The number of amides is 1. The molecule has 1 unspecified atom stereocenters. The van der Waals surface area contributed by atoms with Crippen molar-refractivity contribution in [1.82, 2.24) is 15.3 Å². The molecular weight excluding hydrogens is 346 g/mol. The van der Waals surface area contributed by atoms with Crippen LogP contribution in [0.25, 0.3) is 10.9 Å². The van der Waals surface area contributed by atoms with Crippen LogP contribution in [0.2, 0.25) is 0 Å². The molecule has 0 radical (unpaired) electrons. The zero-order chi connectivity index (χ0) is 18.3. The van der Waals surface area contributed by atoms with Gasteiger partial charge in [-0.1, -0.05) is 18.2 Å². The van der Waals surface area contributed by atoms with Crippen molar-refractivity contribution in [2.24, 2.45) is 5.92 Å². The minimum Gasteiger partial charge on any atom is -0.393 e. The fourth-order valence-electron chi connectivity index (χ4n) is 3.58. The second-order valence-corrected chi connectivity index (χ2v) is 8.15. The summed E-state index contributed by atoms with van der Waals surface area (Å²) in [5.41, 5.74) is 2.67. The van der Waals surface area contributed by atoms with Crippen LogP contribution in [0.3, 0.4) is 0 Å².